The van der Waals surface area contributed by atoms with Gasteiger partial charge in [-0.25, -0.2) is 8.42 Å². The number of carbonyl (C=O) groups is 1. The van der Waals surface area contributed by atoms with Crippen molar-refractivity contribution in [2.24, 2.45) is 0 Å². The Labute approximate surface area is 139 Å². The Morgan fingerprint density at radius 1 is 1.30 bits per heavy atom. The molecule has 20 heavy (non-hydrogen) atoms. The molecule has 1 atom stereocenters. The van der Waals surface area contributed by atoms with Crippen molar-refractivity contribution in [2.45, 2.75) is 14.9 Å². The molecule has 1 unspecified atom stereocenters. The summed E-state index contributed by atoms with van der Waals surface area (Å²) in [6.45, 7) is 0. The summed E-state index contributed by atoms with van der Waals surface area (Å²) in [5.74, 6) is -0.780. The van der Waals surface area contributed by atoms with Crippen molar-refractivity contribution in [1.82, 2.24) is 4.72 Å². The second-order valence-electron chi connectivity index (χ2n) is 3.48. The van der Waals surface area contributed by atoms with Gasteiger partial charge in [0.05, 0.1) is 4.90 Å². The van der Waals surface area contributed by atoms with Crippen LogP contribution in [0.4, 0.5) is 0 Å². The predicted octanol–water partition coefficient (Wildman–Crippen LogP) is 2.60. The van der Waals surface area contributed by atoms with Crippen molar-refractivity contribution < 1.29 is 17.9 Å². The summed E-state index contributed by atoms with van der Waals surface area (Å²) in [5, 5.41) is -0.169. The zero-order chi connectivity index (χ0) is 15.4. The van der Waals surface area contributed by atoms with Crippen molar-refractivity contribution in [1.29, 1.82) is 0 Å². The van der Waals surface area contributed by atoms with Gasteiger partial charge in [-0.05, 0) is 12.1 Å². The van der Waals surface area contributed by atoms with Crippen molar-refractivity contribution in [3.8, 4) is 0 Å². The highest BCUT2D eigenvalue weighted by molar-refractivity contribution is 9.09. The van der Waals surface area contributed by atoms with Gasteiger partial charge in [0.25, 0.3) is 0 Å². The highest BCUT2D eigenvalue weighted by Crippen LogP contribution is 2.32. The van der Waals surface area contributed by atoms with E-state index in [1.165, 1.54) is 24.3 Å². The average molecular weight is 426 g/mol. The van der Waals surface area contributed by atoms with Crippen molar-refractivity contribution in [2.75, 3.05) is 5.33 Å². The summed E-state index contributed by atoms with van der Waals surface area (Å²) < 4.78 is 28.8. The van der Waals surface area contributed by atoms with Crippen LogP contribution in [0.2, 0.25) is 0 Å². The molecule has 0 fully saturated rings. The fourth-order valence-corrected chi connectivity index (χ4v) is 2.91. The van der Waals surface area contributed by atoms with Gasteiger partial charge in [0.15, 0.2) is 0 Å². The maximum absolute atomic E-state index is 12.1. The molecule has 1 N–H and O–H groups in total. The standard InChI is InChI=1S/C10H9BrCl3NO4S/c11-6-8(16)19-9(10(12,13)14)15-20(17,18)7-4-2-1-3-5-7/h1-5,9,15H,6H2. The Balaban J connectivity index is 2.98. The molecule has 0 amide bonds. The molecule has 1 rings (SSSR count). The van der Waals surface area contributed by atoms with Gasteiger partial charge in [0.1, 0.15) is 5.33 Å². The summed E-state index contributed by atoms with van der Waals surface area (Å²) in [4.78, 5) is 11.2. The molecule has 0 aliphatic carbocycles. The Kier molecular flexibility index (Phi) is 6.56. The van der Waals surface area contributed by atoms with Crippen molar-refractivity contribution >= 4 is 66.7 Å². The van der Waals surface area contributed by atoms with Gasteiger partial charge in [-0.15, -0.1) is 0 Å². The molecule has 0 spiro atoms. The number of ether oxygens (including phenoxy) is 1. The van der Waals surface area contributed by atoms with Crippen LogP contribution in [-0.2, 0) is 19.6 Å². The van der Waals surface area contributed by atoms with Crippen LogP contribution in [0.5, 0.6) is 0 Å². The smallest absolute Gasteiger partial charge is 0.318 e. The molecule has 0 radical (unpaired) electrons. The molecule has 0 aliphatic rings. The number of alkyl halides is 4. The molecule has 10 heteroatoms. The molecular weight excluding hydrogens is 416 g/mol. The number of hydrogen-bond donors (Lipinski definition) is 1. The van der Waals surface area contributed by atoms with E-state index >= 15 is 0 Å². The Bertz CT molecular complexity index is 562. The molecule has 1 aromatic rings. The first-order valence-electron chi connectivity index (χ1n) is 5.06. The molecule has 0 saturated heterocycles. The third-order valence-electron chi connectivity index (χ3n) is 1.97. The molecule has 112 valence electrons. The van der Waals surface area contributed by atoms with Crippen LogP contribution in [0.3, 0.4) is 0 Å². The lowest BCUT2D eigenvalue weighted by atomic mass is 10.4. The molecule has 0 aliphatic heterocycles. The SMILES string of the molecule is O=C(CBr)OC(NS(=O)(=O)c1ccccc1)C(Cl)(Cl)Cl. The molecule has 1 aromatic carbocycles. The van der Waals surface area contributed by atoms with E-state index < -0.39 is 26.0 Å². The third kappa shape index (κ3) is 5.38. The normalized spacial score (nSPS) is 13.8. The largest absolute Gasteiger partial charge is 0.440 e. The summed E-state index contributed by atoms with van der Waals surface area (Å²) in [6.07, 6.45) is -1.65. The van der Waals surface area contributed by atoms with Crippen LogP contribution in [0, 0.1) is 0 Å². The third-order valence-corrected chi connectivity index (χ3v) is 4.44. The van der Waals surface area contributed by atoms with Crippen LogP contribution >= 0.6 is 50.7 Å². The van der Waals surface area contributed by atoms with Gasteiger partial charge in [-0.2, -0.15) is 4.72 Å². The summed E-state index contributed by atoms with van der Waals surface area (Å²) >= 11 is 19.7. The van der Waals surface area contributed by atoms with E-state index in [4.69, 9.17) is 39.5 Å². The minimum atomic E-state index is -3.99. The number of esters is 1. The van der Waals surface area contributed by atoms with Gasteiger partial charge in [0.2, 0.25) is 20.0 Å². The summed E-state index contributed by atoms with van der Waals surface area (Å²) in [5.41, 5.74) is 0. The van der Waals surface area contributed by atoms with E-state index in [0.717, 1.165) is 0 Å². The minimum absolute atomic E-state index is 0.0471. The lowest BCUT2D eigenvalue weighted by Gasteiger charge is -2.24. The number of benzene rings is 1. The number of halogens is 4. The predicted molar refractivity (Wildman–Crippen MR) is 80.7 cm³/mol. The first kappa shape index (κ1) is 18.0. The Hall–Kier alpha value is -0.0500. The number of sulfonamides is 1. The van der Waals surface area contributed by atoms with Crippen molar-refractivity contribution in [3.63, 3.8) is 0 Å². The quantitative estimate of drug-likeness (QED) is 0.447. The van der Waals surface area contributed by atoms with E-state index in [1.54, 1.807) is 6.07 Å². The van der Waals surface area contributed by atoms with Crippen LogP contribution in [0.15, 0.2) is 35.2 Å². The van der Waals surface area contributed by atoms with Gasteiger partial charge < -0.3 is 4.74 Å². The zero-order valence-corrected chi connectivity index (χ0v) is 14.4. The molecule has 0 heterocycles. The maximum atomic E-state index is 12.1. The molecule has 0 bridgehead atoms. The van der Waals surface area contributed by atoms with E-state index in [1.807, 2.05) is 4.72 Å². The van der Waals surface area contributed by atoms with Crippen molar-refractivity contribution in [3.05, 3.63) is 30.3 Å². The topological polar surface area (TPSA) is 72.5 Å². The monoisotopic (exact) mass is 423 g/mol. The van der Waals surface area contributed by atoms with Crippen LogP contribution < -0.4 is 4.72 Å². The van der Waals surface area contributed by atoms with Gasteiger partial charge in [0, 0.05) is 0 Å². The van der Waals surface area contributed by atoms with E-state index in [0.29, 0.717) is 0 Å². The fourth-order valence-electron chi connectivity index (χ4n) is 1.13. The van der Waals surface area contributed by atoms with E-state index in [-0.39, 0.29) is 10.2 Å². The average Bonchev–Trinajstić information content (AvgIpc) is 2.37. The second kappa shape index (κ2) is 7.29. The summed E-state index contributed by atoms with van der Waals surface area (Å²) in [6, 6.07) is 7.41. The Morgan fingerprint density at radius 2 is 1.85 bits per heavy atom. The fraction of sp³-hybridized carbons (Fsp3) is 0.300. The van der Waals surface area contributed by atoms with Crippen LogP contribution in [-0.4, -0.2) is 29.7 Å². The van der Waals surface area contributed by atoms with E-state index in [2.05, 4.69) is 15.9 Å². The summed E-state index contributed by atoms with van der Waals surface area (Å²) in [7, 11) is -3.99. The first-order valence-corrected chi connectivity index (χ1v) is 8.80. The highest BCUT2D eigenvalue weighted by atomic mass is 79.9. The number of nitrogens with one attached hydrogen (secondary N) is 1. The van der Waals surface area contributed by atoms with Crippen LogP contribution in [0.1, 0.15) is 0 Å². The molecule has 0 saturated carbocycles. The highest BCUT2D eigenvalue weighted by Gasteiger charge is 2.39. The molecule has 0 aromatic heterocycles. The minimum Gasteiger partial charge on any atom is -0.440 e. The zero-order valence-electron chi connectivity index (χ0n) is 9.72. The second-order valence-corrected chi connectivity index (χ2v) is 8.12. The number of carbonyl (C=O) groups excluding carboxylic acids is 1. The lowest BCUT2D eigenvalue weighted by Crippen LogP contribution is -2.46. The van der Waals surface area contributed by atoms with Crippen LogP contribution in [0.25, 0.3) is 0 Å². The maximum Gasteiger partial charge on any atom is 0.318 e. The molecule has 5 nitrogen and oxygen atoms in total. The van der Waals surface area contributed by atoms with Gasteiger partial charge in [-0.3, -0.25) is 4.79 Å². The first-order chi connectivity index (χ1) is 9.16. The lowest BCUT2D eigenvalue weighted by molar-refractivity contribution is -0.145. The Morgan fingerprint density at radius 3 is 2.30 bits per heavy atom. The molecular formula is C10H9BrCl3NO4S. The number of rotatable bonds is 5. The van der Waals surface area contributed by atoms with E-state index in [9.17, 15) is 13.2 Å². The van der Waals surface area contributed by atoms with Gasteiger partial charge in [-0.1, -0.05) is 68.9 Å². The van der Waals surface area contributed by atoms with Gasteiger partial charge >= 0.3 is 5.97 Å². The number of hydrogen-bond acceptors (Lipinski definition) is 4.